The standard InChI is InChI=1S/C17H13N3O7S/c1-27-9-6-7-10(12(8-9)20(24)25)18-16(22)14(21)15-17(23)19-11-4-2-3-5-13(11)28(15)26/h2-8,15H,1H3,(H,18,22)(H,19,23)/t15-,28-/m1/s1. The highest BCUT2D eigenvalue weighted by atomic mass is 32.2. The molecule has 11 heteroatoms. The van der Waals surface area contributed by atoms with Gasteiger partial charge in [0.05, 0.1) is 39.5 Å². The lowest BCUT2D eigenvalue weighted by Gasteiger charge is -2.22. The summed E-state index contributed by atoms with van der Waals surface area (Å²) in [7, 11) is -0.772. The Morgan fingerprint density at radius 3 is 2.64 bits per heavy atom. The van der Waals surface area contributed by atoms with Crippen LogP contribution in [0.3, 0.4) is 0 Å². The van der Waals surface area contributed by atoms with E-state index in [1.165, 1.54) is 31.4 Å². The van der Waals surface area contributed by atoms with Crippen LogP contribution in [0, 0.1) is 10.1 Å². The predicted molar refractivity (Wildman–Crippen MR) is 98.6 cm³/mol. The molecule has 0 bridgehead atoms. The average molecular weight is 403 g/mol. The highest BCUT2D eigenvalue weighted by molar-refractivity contribution is 7.87. The third-order valence-electron chi connectivity index (χ3n) is 3.93. The van der Waals surface area contributed by atoms with Crippen molar-refractivity contribution < 1.29 is 28.3 Å². The topological polar surface area (TPSA) is 145 Å². The summed E-state index contributed by atoms with van der Waals surface area (Å²) in [5.41, 5.74) is -0.465. The van der Waals surface area contributed by atoms with Crippen LogP contribution in [0.5, 0.6) is 5.75 Å². The Bertz CT molecular complexity index is 1040. The molecule has 144 valence electrons. The maximum Gasteiger partial charge on any atom is 0.296 e. The van der Waals surface area contributed by atoms with E-state index < -0.39 is 44.3 Å². The van der Waals surface area contributed by atoms with Crippen LogP contribution < -0.4 is 15.4 Å². The van der Waals surface area contributed by atoms with Crippen molar-refractivity contribution in [1.29, 1.82) is 0 Å². The van der Waals surface area contributed by atoms with Gasteiger partial charge in [0.2, 0.25) is 11.7 Å². The molecule has 28 heavy (non-hydrogen) atoms. The van der Waals surface area contributed by atoms with E-state index in [0.717, 1.165) is 6.07 Å². The Kier molecular flexibility index (Phi) is 5.18. The van der Waals surface area contributed by atoms with Crippen LogP contribution in [-0.2, 0) is 25.2 Å². The Morgan fingerprint density at radius 2 is 1.96 bits per heavy atom. The summed E-state index contributed by atoms with van der Waals surface area (Å²) >= 11 is 0. The van der Waals surface area contributed by atoms with Crippen molar-refractivity contribution in [2.45, 2.75) is 10.1 Å². The average Bonchev–Trinajstić information content (AvgIpc) is 2.67. The zero-order valence-corrected chi connectivity index (χ0v) is 15.1. The third kappa shape index (κ3) is 3.47. The number of anilines is 2. The summed E-state index contributed by atoms with van der Waals surface area (Å²) in [6.45, 7) is 0. The number of nitrogens with one attached hydrogen (secondary N) is 2. The van der Waals surface area contributed by atoms with Crippen LogP contribution in [0.15, 0.2) is 47.4 Å². The van der Waals surface area contributed by atoms with E-state index in [0.29, 0.717) is 5.69 Å². The van der Waals surface area contributed by atoms with Gasteiger partial charge in [-0.25, -0.2) is 0 Å². The van der Waals surface area contributed by atoms with Crippen molar-refractivity contribution in [3.05, 3.63) is 52.6 Å². The second-order valence-electron chi connectivity index (χ2n) is 5.62. The first-order valence-electron chi connectivity index (χ1n) is 7.81. The number of carbonyl (C=O) groups is 3. The van der Waals surface area contributed by atoms with Crippen LogP contribution in [-0.4, -0.2) is 39.1 Å². The van der Waals surface area contributed by atoms with Crippen molar-refractivity contribution in [3.8, 4) is 5.75 Å². The number of hydrogen-bond donors (Lipinski definition) is 2. The molecule has 0 aromatic heterocycles. The van der Waals surface area contributed by atoms with E-state index >= 15 is 0 Å². The Labute approximate surface area is 160 Å². The van der Waals surface area contributed by atoms with Crippen molar-refractivity contribution in [2.75, 3.05) is 17.7 Å². The number of nitro groups is 1. The molecule has 2 atom stereocenters. The molecule has 2 amide bonds. The molecule has 1 aliphatic rings. The number of carbonyl (C=O) groups excluding carboxylic acids is 3. The maximum atomic E-state index is 12.6. The molecular weight excluding hydrogens is 390 g/mol. The minimum Gasteiger partial charge on any atom is -0.496 e. The molecule has 3 rings (SSSR count). The normalized spacial score (nSPS) is 17.8. The summed E-state index contributed by atoms with van der Waals surface area (Å²) in [5, 5.41) is 14.0. The number of methoxy groups -OCH3 is 1. The number of para-hydroxylation sites is 1. The first-order valence-corrected chi connectivity index (χ1v) is 9.03. The van der Waals surface area contributed by atoms with E-state index in [-0.39, 0.29) is 16.3 Å². The van der Waals surface area contributed by atoms with Gasteiger partial charge in [-0.3, -0.25) is 28.7 Å². The van der Waals surface area contributed by atoms with E-state index in [9.17, 15) is 28.7 Å². The molecule has 2 aromatic carbocycles. The smallest absolute Gasteiger partial charge is 0.296 e. The highest BCUT2D eigenvalue weighted by Crippen LogP contribution is 2.30. The zero-order chi connectivity index (χ0) is 20.4. The van der Waals surface area contributed by atoms with Gasteiger partial charge in [-0.15, -0.1) is 0 Å². The monoisotopic (exact) mass is 403 g/mol. The number of hydrogen-bond acceptors (Lipinski definition) is 7. The number of rotatable bonds is 5. The Morgan fingerprint density at radius 1 is 1.25 bits per heavy atom. The number of benzene rings is 2. The molecule has 0 unspecified atom stereocenters. The van der Waals surface area contributed by atoms with Crippen molar-refractivity contribution in [1.82, 2.24) is 0 Å². The van der Waals surface area contributed by atoms with Gasteiger partial charge in [-0.1, -0.05) is 12.1 Å². The van der Waals surface area contributed by atoms with Crippen LogP contribution >= 0.6 is 0 Å². The van der Waals surface area contributed by atoms with Gasteiger partial charge in [0.15, 0.2) is 5.25 Å². The summed E-state index contributed by atoms with van der Waals surface area (Å²) in [6.07, 6.45) is 0. The van der Waals surface area contributed by atoms with Crippen LogP contribution in [0.25, 0.3) is 0 Å². The SMILES string of the molecule is COc1ccc(NC(=O)C(=O)[C@@H]2C(=O)Nc3ccccc3[S@]2=O)c([N+](=O)[O-])c1. The molecule has 0 aliphatic carbocycles. The minimum absolute atomic E-state index is 0.181. The minimum atomic E-state index is -2.09. The summed E-state index contributed by atoms with van der Waals surface area (Å²) in [5.74, 6) is -3.27. The molecule has 1 heterocycles. The van der Waals surface area contributed by atoms with E-state index in [4.69, 9.17) is 4.74 Å². The van der Waals surface area contributed by atoms with Gasteiger partial charge in [0.1, 0.15) is 11.4 Å². The fourth-order valence-electron chi connectivity index (χ4n) is 2.58. The molecule has 0 saturated carbocycles. The molecule has 2 N–H and O–H groups in total. The van der Waals surface area contributed by atoms with E-state index in [2.05, 4.69) is 10.6 Å². The molecular formula is C17H13N3O7S. The van der Waals surface area contributed by atoms with Crippen LogP contribution in [0.1, 0.15) is 0 Å². The fraction of sp³-hybridized carbons (Fsp3) is 0.118. The summed E-state index contributed by atoms with van der Waals surface area (Å²) in [4.78, 5) is 47.6. The fourth-order valence-corrected chi connectivity index (χ4v) is 3.94. The number of Topliss-reactive ketones (excluding diaryl/α,β-unsaturated/α-hetero) is 1. The van der Waals surface area contributed by atoms with Crippen LogP contribution in [0.4, 0.5) is 17.1 Å². The number of nitro benzene ring substituents is 1. The number of ether oxygens (including phenoxy) is 1. The second kappa shape index (κ2) is 7.56. The van der Waals surface area contributed by atoms with Gasteiger partial charge in [0, 0.05) is 0 Å². The van der Waals surface area contributed by atoms with Crippen LogP contribution in [0.2, 0.25) is 0 Å². The van der Waals surface area contributed by atoms with Crippen molar-refractivity contribution in [3.63, 3.8) is 0 Å². The lowest BCUT2D eigenvalue weighted by atomic mass is 10.2. The van der Waals surface area contributed by atoms with E-state index in [1.54, 1.807) is 12.1 Å². The largest absolute Gasteiger partial charge is 0.496 e. The number of nitrogens with zero attached hydrogens (tertiary/aromatic N) is 1. The lowest BCUT2D eigenvalue weighted by Crippen LogP contribution is -2.46. The number of ketones is 1. The molecule has 0 saturated heterocycles. The highest BCUT2D eigenvalue weighted by Gasteiger charge is 2.42. The Hall–Kier alpha value is -3.60. The van der Waals surface area contributed by atoms with Gasteiger partial charge in [-0.05, 0) is 24.3 Å². The van der Waals surface area contributed by atoms with Gasteiger partial charge in [-0.2, -0.15) is 0 Å². The second-order valence-corrected chi connectivity index (χ2v) is 7.13. The van der Waals surface area contributed by atoms with Gasteiger partial charge < -0.3 is 15.4 Å². The summed E-state index contributed by atoms with van der Waals surface area (Å²) < 4.78 is 17.5. The number of amides is 2. The molecule has 2 aromatic rings. The van der Waals surface area contributed by atoms with Crippen molar-refractivity contribution >= 4 is 45.5 Å². The molecule has 0 spiro atoms. The quantitative estimate of drug-likeness (QED) is 0.331. The molecule has 10 nitrogen and oxygen atoms in total. The summed E-state index contributed by atoms with van der Waals surface area (Å²) in [6, 6.07) is 9.81. The van der Waals surface area contributed by atoms with E-state index in [1.807, 2.05) is 0 Å². The third-order valence-corrected chi connectivity index (χ3v) is 5.57. The number of fused-ring (bicyclic) bond motifs is 1. The first-order chi connectivity index (χ1) is 13.3. The van der Waals surface area contributed by atoms with Gasteiger partial charge >= 0.3 is 0 Å². The molecule has 1 aliphatic heterocycles. The zero-order valence-electron chi connectivity index (χ0n) is 14.3. The van der Waals surface area contributed by atoms with Gasteiger partial charge in [0.25, 0.3) is 11.6 Å². The molecule has 0 radical (unpaired) electrons. The maximum absolute atomic E-state index is 12.6. The Balaban J connectivity index is 1.86. The molecule has 0 fully saturated rings. The van der Waals surface area contributed by atoms with Crippen molar-refractivity contribution in [2.24, 2.45) is 0 Å². The first kappa shape index (κ1) is 19.2. The predicted octanol–water partition coefficient (Wildman–Crippen LogP) is 1.24. The lowest BCUT2D eigenvalue weighted by molar-refractivity contribution is -0.384.